The first-order valence-electron chi connectivity index (χ1n) is 16.0. The Morgan fingerprint density at radius 1 is 1.04 bits per heavy atom. The minimum absolute atomic E-state index is 0.132. The maximum Gasteiger partial charge on any atom is 0.408 e. The van der Waals surface area contributed by atoms with Gasteiger partial charge in [0.05, 0.1) is 30.9 Å². The van der Waals surface area contributed by atoms with Crippen LogP contribution in [0.3, 0.4) is 0 Å². The molecule has 0 spiro atoms. The Kier molecular flexibility index (Phi) is 10.0. The fraction of sp³-hybridized carbons (Fsp3) is 0.559. The van der Waals surface area contributed by atoms with Gasteiger partial charge in [-0.2, -0.15) is 0 Å². The van der Waals surface area contributed by atoms with Crippen molar-refractivity contribution in [1.82, 2.24) is 20.2 Å². The quantitative estimate of drug-likeness (QED) is 0.263. The van der Waals surface area contributed by atoms with E-state index >= 15 is 0 Å². The van der Waals surface area contributed by atoms with Crippen molar-refractivity contribution in [2.24, 2.45) is 5.41 Å². The fourth-order valence-corrected chi connectivity index (χ4v) is 6.90. The zero-order valence-electron chi connectivity index (χ0n) is 27.7. The van der Waals surface area contributed by atoms with Gasteiger partial charge in [0.25, 0.3) is 0 Å². The van der Waals surface area contributed by atoms with Crippen molar-refractivity contribution in [1.29, 1.82) is 0 Å². The van der Waals surface area contributed by atoms with Gasteiger partial charge in [0, 0.05) is 35.4 Å². The van der Waals surface area contributed by atoms with Crippen LogP contribution in [0.5, 0.6) is 11.5 Å². The van der Waals surface area contributed by atoms with E-state index in [-0.39, 0.29) is 30.4 Å². The molecule has 2 fully saturated rings. The van der Waals surface area contributed by atoms with Crippen LogP contribution in [0.2, 0.25) is 0 Å². The average Bonchev–Trinajstić information content (AvgIpc) is 3.76. The number of pyridine rings is 1. The molecule has 46 heavy (non-hydrogen) atoms. The van der Waals surface area contributed by atoms with Crippen LogP contribution >= 0.6 is 11.3 Å². The highest BCUT2D eigenvalue weighted by atomic mass is 32.1. The first-order chi connectivity index (χ1) is 21.8. The van der Waals surface area contributed by atoms with E-state index in [9.17, 15) is 14.4 Å². The molecule has 12 heteroatoms. The number of carbonyl (C=O) groups excluding carboxylic acids is 3. The van der Waals surface area contributed by atoms with E-state index in [0.29, 0.717) is 34.8 Å². The van der Waals surface area contributed by atoms with Crippen LogP contribution in [0.4, 0.5) is 9.93 Å². The molecule has 1 saturated heterocycles. The second-order valence-electron chi connectivity index (χ2n) is 13.6. The van der Waals surface area contributed by atoms with E-state index in [1.165, 1.54) is 18.3 Å². The average molecular weight is 652 g/mol. The highest BCUT2D eigenvalue weighted by Gasteiger charge is 2.45. The number of hydrogen-bond acceptors (Lipinski definition) is 10. The molecule has 1 unspecified atom stereocenters. The molecule has 11 nitrogen and oxygen atoms in total. The van der Waals surface area contributed by atoms with Gasteiger partial charge in [-0.15, -0.1) is 11.3 Å². The van der Waals surface area contributed by atoms with Crippen LogP contribution < -0.4 is 20.1 Å². The second kappa shape index (κ2) is 13.8. The van der Waals surface area contributed by atoms with E-state index in [1.54, 1.807) is 12.0 Å². The highest BCUT2D eigenvalue weighted by molar-refractivity contribution is 7.14. The predicted molar refractivity (Wildman–Crippen MR) is 178 cm³/mol. The minimum Gasteiger partial charge on any atom is -0.497 e. The summed E-state index contributed by atoms with van der Waals surface area (Å²) in [6.07, 6.45) is 2.82. The lowest BCUT2D eigenvalue weighted by atomic mass is 9.85. The summed E-state index contributed by atoms with van der Waals surface area (Å²) in [6, 6.07) is 6.10. The van der Waals surface area contributed by atoms with Gasteiger partial charge < -0.3 is 29.7 Å². The Morgan fingerprint density at radius 3 is 2.43 bits per heavy atom. The molecule has 5 rings (SSSR count). The molecule has 3 heterocycles. The maximum absolute atomic E-state index is 14.1. The number of nitrogens with zero attached hydrogens (tertiary/aromatic N) is 3. The monoisotopic (exact) mass is 651 g/mol. The number of fused-ring (bicyclic) bond motifs is 1. The number of anilines is 1. The number of carbonyl (C=O) groups is 3. The predicted octanol–water partition coefficient (Wildman–Crippen LogP) is 6.21. The van der Waals surface area contributed by atoms with Crippen LogP contribution in [-0.4, -0.2) is 76.6 Å². The number of hydrogen-bond donors (Lipinski definition) is 2. The zero-order chi connectivity index (χ0) is 33.2. The van der Waals surface area contributed by atoms with E-state index < -0.39 is 29.7 Å². The molecule has 1 aliphatic heterocycles. The molecule has 0 bridgehead atoms. The van der Waals surface area contributed by atoms with E-state index in [2.05, 4.69) is 24.5 Å². The third-order valence-corrected chi connectivity index (χ3v) is 9.19. The molecule has 1 aromatic carbocycles. The van der Waals surface area contributed by atoms with Crippen LogP contribution in [0.15, 0.2) is 29.6 Å². The van der Waals surface area contributed by atoms with Crippen LogP contribution in [0.1, 0.15) is 73.6 Å². The van der Waals surface area contributed by atoms with Gasteiger partial charge in [-0.3, -0.25) is 9.59 Å². The number of likely N-dealkylation sites (tertiary alicyclic amines) is 1. The van der Waals surface area contributed by atoms with Gasteiger partial charge in [0.2, 0.25) is 5.91 Å². The molecule has 248 valence electrons. The number of thiazole rings is 1. The van der Waals surface area contributed by atoms with Gasteiger partial charge in [-0.1, -0.05) is 20.8 Å². The largest absolute Gasteiger partial charge is 0.497 e. The number of benzene rings is 1. The molecule has 2 amide bonds. The summed E-state index contributed by atoms with van der Waals surface area (Å²) in [5, 5.41) is 9.66. The number of aromatic nitrogens is 2. The van der Waals surface area contributed by atoms with Crippen molar-refractivity contribution < 1.29 is 28.6 Å². The van der Waals surface area contributed by atoms with Crippen molar-refractivity contribution in [3.63, 3.8) is 0 Å². The summed E-state index contributed by atoms with van der Waals surface area (Å²) in [5.41, 5.74) is 1.38. The lowest BCUT2D eigenvalue weighted by Gasteiger charge is -2.35. The van der Waals surface area contributed by atoms with Gasteiger partial charge in [-0.05, 0) is 64.0 Å². The number of amides is 2. The van der Waals surface area contributed by atoms with E-state index in [1.807, 2.05) is 50.4 Å². The van der Waals surface area contributed by atoms with Crippen LogP contribution in [-0.2, 0) is 14.3 Å². The lowest BCUT2D eigenvalue weighted by Crippen LogP contribution is -2.57. The van der Waals surface area contributed by atoms with Crippen molar-refractivity contribution >= 4 is 45.2 Å². The van der Waals surface area contributed by atoms with Crippen LogP contribution in [0.25, 0.3) is 22.3 Å². The molecular formula is C34H45N5O6S. The molecule has 0 radical (unpaired) electrons. The Labute approximate surface area is 274 Å². The molecule has 3 atom stereocenters. The van der Waals surface area contributed by atoms with Crippen molar-refractivity contribution in [3.05, 3.63) is 29.6 Å². The summed E-state index contributed by atoms with van der Waals surface area (Å²) in [5.74, 6) is 0.754. The Hall–Kier alpha value is -3.93. The SMILES string of the molecule is COc1ccc2c(OC3C[C@@H](C(C)=O)N(C(=O)[C@@H](NC(=O)OC4CCCC4)C(C)(C)C)C3)cc(-c3csc(NC(C)C)n3)nc2c1. The maximum atomic E-state index is 14.1. The topological polar surface area (TPSA) is 132 Å². The number of methoxy groups -OCH3 is 1. The zero-order valence-corrected chi connectivity index (χ0v) is 28.5. The summed E-state index contributed by atoms with van der Waals surface area (Å²) in [7, 11) is 1.60. The number of ketones is 1. The van der Waals surface area contributed by atoms with Crippen molar-refractivity contribution in [3.8, 4) is 22.9 Å². The Morgan fingerprint density at radius 2 is 1.78 bits per heavy atom. The van der Waals surface area contributed by atoms with E-state index in [0.717, 1.165) is 36.2 Å². The van der Waals surface area contributed by atoms with Gasteiger partial charge >= 0.3 is 6.09 Å². The summed E-state index contributed by atoms with van der Waals surface area (Å²) >= 11 is 1.50. The summed E-state index contributed by atoms with van der Waals surface area (Å²) in [4.78, 5) is 51.0. The number of Topliss-reactive ketones (excluding diaryl/α,β-unsaturated/α-hetero) is 1. The summed E-state index contributed by atoms with van der Waals surface area (Å²) < 4.78 is 17.7. The summed E-state index contributed by atoms with van der Waals surface area (Å²) in [6.45, 7) is 11.4. The van der Waals surface area contributed by atoms with Gasteiger partial charge in [0.1, 0.15) is 35.4 Å². The standard InChI is InChI=1S/C34H45N5O6S/c1-19(2)35-32-37-27(18-46-32)26-16-29(24-13-12-22(43-7)14-25(24)36-26)44-23-15-28(20(3)40)39(17-23)31(41)30(34(4,5)6)38-33(42)45-21-10-8-9-11-21/h12-14,16,18-19,21,23,28,30H,8-11,15,17H2,1-7H3,(H,35,37)(H,38,42)/t23?,28-,30+/m0/s1. The molecule has 1 aliphatic carbocycles. The fourth-order valence-electron chi connectivity index (χ4n) is 6.05. The number of alkyl carbamates (subject to hydrolysis) is 1. The molecule has 1 saturated carbocycles. The van der Waals surface area contributed by atoms with Crippen molar-refractivity contribution in [2.75, 3.05) is 19.0 Å². The molecule has 2 N–H and O–H groups in total. The molecular weight excluding hydrogens is 606 g/mol. The Balaban J connectivity index is 1.41. The van der Waals surface area contributed by atoms with E-state index in [4.69, 9.17) is 24.2 Å². The van der Waals surface area contributed by atoms with Crippen molar-refractivity contribution in [2.45, 2.75) is 104 Å². The smallest absolute Gasteiger partial charge is 0.408 e. The molecule has 2 aliphatic rings. The first-order valence-corrected chi connectivity index (χ1v) is 16.9. The number of nitrogens with one attached hydrogen (secondary N) is 2. The van der Waals surface area contributed by atoms with Gasteiger partial charge in [0.15, 0.2) is 10.9 Å². The molecule has 3 aromatic rings. The molecule has 2 aromatic heterocycles. The van der Waals surface area contributed by atoms with Crippen LogP contribution in [0, 0.1) is 5.41 Å². The third-order valence-electron chi connectivity index (χ3n) is 8.42. The third kappa shape index (κ3) is 7.71. The lowest BCUT2D eigenvalue weighted by molar-refractivity contribution is -0.140. The second-order valence-corrected chi connectivity index (χ2v) is 14.4. The normalized spacial score (nSPS) is 19.3. The highest BCUT2D eigenvalue weighted by Crippen LogP contribution is 2.36. The first kappa shape index (κ1) is 33.4. The van der Waals surface area contributed by atoms with Gasteiger partial charge in [-0.25, -0.2) is 14.8 Å². The minimum atomic E-state index is -0.888. The Bertz CT molecular complexity index is 1580. The number of ether oxygens (including phenoxy) is 3. The number of rotatable bonds is 10.